The highest BCUT2D eigenvalue weighted by Gasteiger charge is 2.15. The molecule has 0 fully saturated rings. The van der Waals surface area contributed by atoms with Gasteiger partial charge in [-0.15, -0.1) is 12.4 Å². The number of anilines is 1. The Morgan fingerprint density at radius 1 is 1.00 bits per heavy atom. The molecule has 0 aliphatic heterocycles. The maximum atomic E-state index is 12.5. The van der Waals surface area contributed by atoms with E-state index in [0.717, 1.165) is 23.4 Å². The maximum absolute atomic E-state index is 12.5. The van der Waals surface area contributed by atoms with Crippen LogP contribution in [-0.2, 0) is 17.8 Å². The number of carbonyl (C=O) groups excluding carboxylic acids is 1. The average Bonchev–Trinajstić information content (AvgIpc) is 2.66. The molecule has 0 aromatic heterocycles. The number of ether oxygens (including phenoxy) is 3. The van der Waals surface area contributed by atoms with Crippen LogP contribution in [0.2, 0.25) is 0 Å². The van der Waals surface area contributed by atoms with Crippen molar-refractivity contribution in [2.75, 3.05) is 33.2 Å². The van der Waals surface area contributed by atoms with Crippen molar-refractivity contribution in [2.24, 2.45) is 0 Å². The van der Waals surface area contributed by atoms with Gasteiger partial charge in [0.25, 0.3) is 0 Å². The maximum Gasteiger partial charge on any atom is 0.228 e. The van der Waals surface area contributed by atoms with Crippen LogP contribution in [-0.4, -0.2) is 33.8 Å². The molecule has 0 saturated carbocycles. The van der Waals surface area contributed by atoms with Gasteiger partial charge in [0.15, 0.2) is 11.5 Å². The largest absolute Gasteiger partial charge is 0.493 e. The summed E-state index contributed by atoms with van der Waals surface area (Å²) in [5.74, 6) is 1.46. The Labute approximate surface area is 166 Å². The molecular formula is C20H27ClN2O4. The molecule has 2 aromatic rings. The van der Waals surface area contributed by atoms with Crippen molar-refractivity contribution in [1.82, 2.24) is 5.32 Å². The minimum Gasteiger partial charge on any atom is -0.493 e. The van der Waals surface area contributed by atoms with Crippen molar-refractivity contribution < 1.29 is 19.0 Å². The Hall–Kier alpha value is -2.44. The first-order valence-electron chi connectivity index (χ1n) is 8.50. The van der Waals surface area contributed by atoms with Gasteiger partial charge in [0.1, 0.15) is 0 Å². The number of amides is 1. The highest BCUT2D eigenvalue weighted by Crippen LogP contribution is 2.38. The summed E-state index contributed by atoms with van der Waals surface area (Å²) in [6.07, 6.45) is 0.201. The van der Waals surface area contributed by atoms with E-state index in [1.807, 2.05) is 31.2 Å². The molecule has 0 bridgehead atoms. The van der Waals surface area contributed by atoms with Gasteiger partial charge in [-0.2, -0.15) is 0 Å². The molecule has 2 aromatic carbocycles. The van der Waals surface area contributed by atoms with E-state index < -0.39 is 0 Å². The first kappa shape index (κ1) is 22.6. The fraction of sp³-hybridized carbons (Fsp3) is 0.350. The summed E-state index contributed by atoms with van der Waals surface area (Å²) in [5.41, 5.74) is 2.64. The molecule has 6 nitrogen and oxygen atoms in total. The smallest absolute Gasteiger partial charge is 0.228 e. The first-order chi connectivity index (χ1) is 12.6. The highest BCUT2D eigenvalue weighted by atomic mass is 35.5. The van der Waals surface area contributed by atoms with Crippen LogP contribution in [0.25, 0.3) is 0 Å². The number of halogens is 1. The zero-order chi connectivity index (χ0) is 18.9. The van der Waals surface area contributed by atoms with Crippen molar-refractivity contribution in [3.8, 4) is 17.2 Å². The number of methoxy groups -OCH3 is 3. The van der Waals surface area contributed by atoms with Crippen LogP contribution in [0.15, 0.2) is 36.4 Å². The lowest BCUT2D eigenvalue weighted by atomic mass is 10.1. The van der Waals surface area contributed by atoms with Gasteiger partial charge in [0, 0.05) is 12.2 Å². The van der Waals surface area contributed by atoms with Crippen LogP contribution in [0.3, 0.4) is 0 Å². The number of benzene rings is 2. The lowest BCUT2D eigenvalue weighted by Gasteiger charge is -2.15. The van der Waals surface area contributed by atoms with E-state index >= 15 is 0 Å². The van der Waals surface area contributed by atoms with Crippen LogP contribution in [0, 0.1) is 0 Å². The van der Waals surface area contributed by atoms with Crippen molar-refractivity contribution in [1.29, 1.82) is 0 Å². The molecule has 148 valence electrons. The van der Waals surface area contributed by atoms with Crippen molar-refractivity contribution in [3.63, 3.8) is 0 Å². The SMILES string of the molecule is CCNCc1ccccc1NC(=O)Cc1cc(OC)c(OC)c(OC)c1.Cl. The van der Waals surface area contributed by atoms with Gasteiger partial charge in [-0.05, 0) is 35.9 Å². The van der Waals surface area contributed by atoms with Crippen LogP contribution in [0.1, 0.15) is 18.1 Å². The molecule has 1 amide bonds. The Kier molecular flexibility index (Phi) is 9.47. The summed E-state index contributed by atoms with van der Waals surface area (Å²) < 4.78 is 16.0. The molecule has 2 N–H and O–H groups in total. The van der Waals surface area contributed by atoms with E-state index in [9.17, 15) is 4.79 Å². The highest BCUT2D eigenvalue weighted by molar-refractivity contribution is 5.93. The summed E-state index contributed by atoms with van der Waals surface area (Å²) >= 11 is 0. The molecular weight excluding hydrogens is 368 g/mol. The molecule has 0 radical (unpaired) electrons. The summed E-state index contributed by atoms with van der Waals surface area (Å²) in [7, 11) is 4.66. The Balaban J connectivity index is 0.00000364. The number of hydrogen-bond acceptors (Lipinski definition) is 5. The van der Waals surface area contributed by atoms with Gasteiger partial charge in [-0.3, -0.25) is 4.79 Å². The predicted octanol–water partition coefficient (Wildman–Crippen LogP) is 3.42. The van der Waals surface area contributed by atoms with E-state index in [-0.39, 0.29) is 24.7 Å². The number of nitrogens with one attached hydrogen (secondary N) is 2. The summed E-state index contributed by atoms with van der Waals surface area (Å²) in [6, 6.07) is 11.3. The third-order valence-corrected chi connectivity index (χ3v) is 3.95. The van der Waals surface area contributed by atoms with E-state index in [2.05, 4.69) is 10.6 Å². The zero-order valence-corrected chi connectivity index (χ0v) is 16.9. The van der Waals surface area contributed by atoms with Gasteiger partial charge in [-0.1, -0.05) is 25.1 Å². The molecule has 0 spiro atoms. The molecule has 0 heterocycles. The number of para-hydroxylation sites is 1. The fourth-order valence-corrected chi connectivity index (χ4v) is 2.67. The normalized spacial score (nSPS) is 9.93. The summed E-state index contributed by atoms with van der Waals surface area (Å²) in [4.78, 5) is 12.5. The van der Waals surface area contributed by atoms with Gasteiger partial charge >= 0.3 is 0 Å². The molecule has 2 rings (SSSR count). The van der Waals surface area contributed by atoms with Crippen molar-refractivity contribution in [2.45, 2.75) is 19.9 Å². The topological polar surface area (TPSA) is 68.8 Å². The Morgan fingerprint density at radius 2 is 1.63 bits per heavy atom. The molecule has 0 atom stereocenters. The monoisotopic (exact) mass is 394 g/mol. The van der Waals surface area contributed by atoms with E-state index in [4.69, 9.17) is 14.2 Å². The fourth-order valence-electron chi connectivity index (χ4n) is 2.67. The van der Waals surface area contributed by atoms with Crippen LogP contribution < -0.4 is 24.8 Å². The second kappa shape index (κ2) is 11.3. The predicted molar refractivity (Wildman–Crippen MR) is 110 cm³/mol. The van der Waals surface area contributed by atoms with Gasteiger partial charge < -0.3 is 24.8 Å². The lowest BCUT2D eigenvalue weighted by Crippen LogP contribution is -2.18. The first-order valence-corrected chi connectivity index (χ1v) is 8.50. The minimum absolute atomic E-state index is 0. The number of rotatable bonds is 9. The van der Waals surface area contributed by atoms with Crippen LogP contribution in [0.4, 0.5) is 5.69 Å². The van der Waals surface area contributed by atoms with Gasteiger partial charge in [0.2, 0.25) is 11.7 Å². The Bertz CT molecular complexity index is 728. The average molecular weight is 395 g/mol. The second-order valence-electron chi connectivity index (χ2n) is 5.70. The third-order valence-electron chi connectivity index (χ3n) is 3.95. The molecule has 0 aliphatic rings. The van der Waals surface area contributed by atoms with E-state index in [1.165, 1.54) is 0 Å². The molecule has 0 saturated heterocycles. The van der Waals surface area contributed by atoms with Gasteiger partial charge in [0.05, 0.1) is 27.8 Å². The molecule has 7 heteroatoms. The molecule has 27 heavy (non-hydrogen) atoms. The van der Waals surface area contributed by atoms with Crippen molar-refractivity contribution in [3.05, 3.63) is 47.5 Å². The lowest BCUT2D eigenvalue weighted by molar-refractivity contribution is -0.115. The van der Waals surface area contributed by atoms with Crippen molar-refractivity contribution >= 4 is 24.0 Å². The number of hydrogen-bond donors (Lipinski definition) is 2. The third kappa shape index (κ3) is 6.05. The van der Waals surface area contributed by atoms with E-state index in [1.54, 1.807) is 33.5 Å². The van der Waals surface area contributed by atoms with Gasteiger partial charge in [-0.25, -0.2) is 0 Å². The quantitative estimate of drug-likeness (QED) is 0.682. The summed E-state index contributed by atoms with van der Waals surface area (Å²) in [5, 5.41) is 6.25. The molecule has 0 aliphatic carbocycles. The number of carbonyl (C=O) groups is 1. The second-order valence-corrected chi connectivity index (χ2v) is 5.70. The molecule has 0 unspecified atom stereocenters. The Morgan fingerprint density at radius 3 is 2.19 bits per heavy atom. The standard InChI is InChI=1S/C20H26N2O4.ClH/c1-5-21-13-15-8-6-7-9-16(15)22-19(23)12-14-10-17(24-2)20(26-4)18(11-14)25-3;/h6-11,21H,5,12-13H2,1-4H3,(H,22,23);1H. The van der Waals surface area contributed by atoms with Crippen LogP contribution >= 0.6 is 12.4 Å². The zero-order valence-electron chi connectivity index (χ0n) is 16.1. The summed E-state index contributed by atoms with van der Waals surface area (Å²) in [6.45, 7) is 3.62. The minimum atomic E-state index is -0.108. The van der Waals surface area contributed by atoms with E-state index in [0.29, 0.717) is 23.8 Å². The van der Waals surface area contributed by atoms with Crippen LogP contribution in [0.5, 0.6) is 17.2 Å².